The number of carbonyl (C=O) groups excluding carboxylic acids is 1. The lowest BCUT2D eigenvalue weighted by Gasteiger charge is -2.32. The Morgan fingerprint density at radius 3 is 2.29 bits per heavy atom. The molecule has 0 aliphatic rings. The quantitative estimate of drug-likeness (QED) is 0.708. The van der Waals surface area contributed by atoms with E-state index in [0.717, 1.165) is 19.1 Å². The van der Waals surface area contributed by atoms with Gasteiger partial charge in [-0.05, 0) is 25.3 Å². The normalized spacial score (nSPS) is 17.2. The number of hydrogen-bond acceptors (Lipinski definition) is 3. The molecule has 0 aliphatic heterocycles. The SMILES string of the molecule is CCC(CC)[C@@H](c1ccccc1)C(C)OC[C@@](C)(N)C=O. The van der Waals surface area contributed by atoms with Crippen LogP contribution in [0.1, 0.15) is 52.0 Å². The number of nitrogens with two attached hydrogens (primary N) is 1. The Balaban J connectivity index is 2.88. The molecule has 1 aromatic carbocycles. The molecule has 3 heteroatoms. The van der Waals surface area contributed by atoms with E-state index in [1.165, 1.54) is 5.56 Å². The third-order valence-electron chi connectivity index (χ3n) is 4.17. The minimum Gasteiger partial charge on any atom is -0.375 e. The van der Waals surface area contributed by atoms with Crippen molar-refractivity contribution in [2.24, 2.45) is 11.7 Å². The summed E-state index contributed by atoms with van der Waals surface area (Å²) in [7, 11) is 0. The zero-order valence-corrected chi connectivity index (χ0v) is 13.7. The van der Waals surface area contributed by atoms with Crippen LogP contribution in [0.25, 0.3) is 0 Å². The molecule has 0 bridgehead atoms. The second-order valence-corrected chi connectivity index (χ2v) is 6.15. The molecule has 0 spiro atoms. The molecule has 0 heterocycles. The minimum atomic E-state index is -0.913. The number of hydrogen-bond donors (Lipinski definition) is 1. The van der Waals surface area contributed by atoms with Gasteiger partial charge in [0.05, 0.1) is 18.2 Å². The average molecular weight is 291 g/mol. The second-order valence-electron chi connectivity index (χ2n) is 6.15. The highest BCUT2D eigenvalue weighted by Crippen LogP contribution is 2.34. The third-order valence-corrected chi connectivity index (χ3v) is 4.17. The Labute approximate surface area is 128 Å². The summed E-state index contributed by atoms with van der Waals surface area (Å²) in [6.07, 6.45) is 3.00. The van der Waals surface area contributed by atoms with Crippen molar-refractivity contribution in [2.75, 3.05) is 6.61 Å². The van der Waals surface area contributed by atoms with Crippen molar-refractivity contribution in [3.05, 3.63) is 35.9 Å². The summed E-state index contributed by atoms with van der Waals surface area (Å²) in [4.78, 5) is 10.9. The zero-order valence-electron chi connectivity index (χ0n) is 13.7. The van der Waals surface area contributed by atoms with Crippen molar-refractivity contribution in [3.63, 3.8) is 0 Å². The van der Waals surface area contributed by atoms with Gasteiger partial charge in [0.1, 0.15) is 6.29 Å². The van der Waals surface area contributed by atoms with E-state index in [-0.39, 0.29) is 12.7 Å². The largest absolute Gasteiger partial charge is 0.375 e. The molecule has 0 aromatic heterocycles. The molecule has 1 unspecified atom stereocenters. The van der Waals surface area contributed by atoms with Crippen LogP contribution in [-0.4, -0.2) is 24.5 Å². The van der Waals surface area contributed by atoms with Crippen LogP contribution >= 0.6 is 0 Å². The van der Waals surface area contributed by atoms with Gasteiger partial charge < -0.3 is 15.3 Å². The minimum absolute atomic E-state index is 0.0279. The average Bonchev–Trinajstić information content (AvgIpc) is 2.51. The highest BCUT2D eigenvalue weighted by atomic mass is 16.5. The molecule has 1 rings (SSSR count). The Hall–Kier alpha value is -1.19. The van der Waals surface area contributed by atoms with Crippen molar-refractivity contribution in [1.82, 2.24) is 0 Å². The smallest absolute Gasteiger partial charge is 0.141 e. The number of aldehydes is 1. The summed E-state index contributed by atoms with van der Waals surface area (Å²) in [5.74, 6) is 0.881. The lowest BCUT2D eigenvalue weighted by atomic mass is 9.79. The Morgan fingerprint density at radius 2 is 1.81 bits per heavy atom. The summed E-state index contributed by atoms with van der Waals surface area (Å²) in [5.41, 5.74) is 6.23. The van der Waals surface area contributed by atoms with Crippen molar-refractivity contribution >= 4 is 6.29 Å². The predicted molar refractivity (Wildman–Crippen MR) is 87.3 cm³/mol. The molecular weight excluding hydrogens is 262 g/mol. The molecule has 118 valence electrons. The van der Waals surface area contributed by atoms with E-state index in [4.69, 9.17) is 10.5 Å². The van der Waals surface area contributed by atoms with E-state index in [1.54, 1.807) is 6.92 Å². The van der Waals surface area contributed by atoms with Crippen molar-refractivity contribution < 1.29 is 9.53 Å². The predicted octanol–water partition coefficient (Wildman–Crippen LogP) is 3.53. The van der Waals surface area contributed by atoms with Crippen LogP contribution in [0.2, 0.25) is 0 Å². The first-order chi connectivity index (χ1) is 9.95. The van der Waals surface area contributed by atoms with Crippen molar-refractivity contribution in [1.29, 1.82) is 0 Å². The molecule has 0 radical (unpaired) electrons. The van der Waals surface area contributed by atoms with Crippen molar-refractivity contribution in [3.8, 4) is 0 Å². The number of carbonyl (C=O) groups is 1. The molecule has 0 fully saturated rings. The first-order valence-electron chi connectivity index (χ1n) is 7.87. The summed E-state index contributed by atoms with van der Waals surface area (Å²) < 4.78 is 5.94. The molecule has 21 heavy (non-hydrogen) atoms. The molecule has 3 nitrogen and oxygen atoms in total. The number of rotatable bonds is 9. The number of ether oxygens (including phenoxy) is 1. The molecule has 2 N–H and O–H groups in total. The van der Waals surface area contributed by atoms with Crippen LogP contribution in [0.4, 0.5) is 0 Å². The molecule has 1 aromatic rings. The maximum Gasteiger partial charge on any atom is 0.141 e. The summed E-state index contributed by atoms with van der Waals surface area (Å²) in [5, 5.41) is 0. The van der Waals surface area contributed by atoms with Crippen LogP contribution < -0.4 is 5.73 Å². The van der Waals surface area contributed by atoms with Gasteiger partial charge in [0.25, 0.3) is 0 Å². The molecule has 0 saturated carbocycles. The van der Waals surface area contributed by atoms with E-state index < -0.39 is 5.54 Å². The summed E-state index contributed by atoms with van der Waals surface area (Å²) >= 11 is 0. The van der Waals surface area contributed by atoms with Crippen LogP contribution in [-0.2, 0) is 9.53 Å². The summed E-state index contributed by atoms with van der Waals surface area (Å²) in [6.45, 7) is 8.46. The highest BCUT2D eigenvalue weighted by molar-refractivity contribution is 5.63. The Kier molecular flexibility index (Phi) is 7.06. The lowest BCUT2D eigenvalue weighted by molar-refractivity contribution is -0.114. The molecular formula is C18H29NO2. The van der Waals surface area contributed by atoms with Gasteiger partial charge in [0, 0.05) is 5.92 Å². The van der Waals surface area contributed by atoms with Gasteiger partial charge in [-0.3, -0.25) is 0 Å². The molecule has 0 amide bonds. The van der Waals surface area contributed by atoms with E-state index in [2.05, 4.69) is 45.0 Å². The van der Waals surface area contributed by atoms with Gasteiger partial charge in [-0.1, -0.05) is 57.0 Å². The van der Waals surface area contributed by atoms with Gasteiger partial charge >= 0.3 is 0 Å². The fourth-order valence-electron chi connectivity index (χ4n) is 2.85. The maximum absolute atomic E-state index is 10.9. The standard InChI is InChI=1S/C18H29NO2/c1-5-15(6-2)17(16-10-8-7-9-11-16)14(3)21-13-18(4,19)12-20/h7-12,14-15,17H,5-6,13,19H2,1-4H3/t14?,17-,18-/m0/s1. The fourth-order valence-corrected chi connectivity index (χ4v) is 2.85. The zero-order chi connectivity index (χ0) is 15.9. The van der Waals surface area contributed by atoms with E-state index in [0.29, 0.717) is 11.8 Å². The van der Waals surface area contributed by atoms with Crippen LogP contribution in [0.3, 0.4) is 0 Å². The molecule has 0 saturated heterocycles. The maximum atomic E-state index is 10.9. The van der Waals surface area contributed by atoms with Crippen LogP contribution in [0.15, 0.2) is 30.3 Å². The van der Waals surface area contributed by atoms with Gasteiger partial charge in [0.2, 0.25) is 0 Å². The fraction of sp³-hybridized carbons (Fsp3) is 0.611. The first-order valence-corrected chi connectivity index (χ1v) is 7.87. The van der Waals surface area contributed by atoms with Crippen molar-refractivity contribution in [2.45, 2.75) is 58.1 Å². The lowest BCUT2D eigenvalue weighted by Crippen LogP contribution is -2.44. The Bertz CT molecular complexity index is 412. The monoisotopic (exact) mass is 291 g/mol. The van der Waals surface area contributed by atoms with Gasteiger partial charge in [-0.15, -0.1) is 0 Å². The van der Waals surface area contributed by atoms with E-state index in [9.17, 15) is 4.79 Å². The number of benzene rings is 1. The van der Waals surface area contributed by atoms with E-state index >= 15 is 0 Å². The second kappa shape index (κ2) is 8.30. The Morgan fingerprint density at radius 1 is 1.24 bits per heavy atom. The highest BCUT2D eigenvalue weighted by Gasteiger charge is 2.28. The molecule has 0 aliphatic carbocycles. The third kappa shape index (κ3) is 5.25. The first kappa shape index (κ1) is 17.9. The van der Waals surface area contributed by atoms with Gasteiger partial charge in [-0.25, -0.2) is 0 Å². The topological polar surface area (TPSA) is 52.3 Å². The molecule has 3 atom stereocenters. The van der Waals surface area contributed by atoms with Gasteiger partial charge in [0.15, 0.2) is 0 Å². The van der Waals surface area contributed by atoms with Crippen LogP contribution in [0, 0.1) is 5.92 Å². The summed E-state index contributed by atoms with van der Waals surface area (Å²) in [6, 6.07) is 10.5. The van der Waals surface area contributed by atoms with E-state index in [1.807, 2.05) is 6.07 Å². The van der Waals surface area contributed by atoms with Crippen LogP contribution in [0.5, 0.6) is 0 Å². The van der Waals surface area contributed by atoms with Gasteiger partial charge in [-0.2, -0.15) is 0 Å².